The van der Waals surface area contributed by atoms with E-state index in [1.54, 1.807) is 18.2 Å². The average molecular weight is 357 g/mol. The minimum Gasteiger partial charge on any atom is -0.508 e. The van der Waals surface area contributed by atoms with E-state index in [2.05, 4.69) is 17.2 Å². The third kappa shape index (κ3) is 3.45. The summed E-state index contributed by atoms with van der Waals surface area (Å²) in [6.07, 6.45) is 0. The van der Waals surface area contributed by atoms with Crippen molar-refractivity contribution in [2.45, 2.75) is 0 Å². The molecular weight excluding hydrogens is 347 g/mol. The molecule has 124 valence electrons. The highest BCUT2D eigenvalue weighted by Gasteiger charge is 2.14. The van der Waals surface area contributed by atoms with Gasteiger partial charge in [-0.1, -0.05) is 24.3 Å². The fourth-order valence-electron chi connectivity index (χ4n) is 2.46. The van der Waals surface area contributed by atoms with Gasteiger partial charge in [-0.25, -0.2) is 13.2 Å². The third-order valence-corrected chi connectivity index (χ3v) is 3.75. The van der Waals surface area contributed by atoms with E-state index in [0.29, 0.717) is 11.1 Å². The first kappa shape index (κ1) is 16.9. The SMILES string of the molecule is Oc1ccc(-c2ccc(-c3cc(F)c(N=C=S)c(F)c3)c(F)c2)cc1. The predicted octanol–water partition coefficient (Wildman–Crippen LogP) is 5.88. The molecule has 0 spiro atoms. The molecule has 0 unspecified atom stereocenters. The standard InChI is InChI=1S/C19H10F3NOS/c20-16-7-12(11-1-4-14(24)5-2-11)3-6-15(16)13-8-17(21)19(23-10-25)18(22)9-13/h1-9,24H. The Morgan fingerprint density at radius 2 is 1.32 bits per heavy atom. The van der Waals surface area contributed by atoms with E-state index in [1.165, 1.54) is 24.3 Å². The molecule has 2 nitrogen and oxygen atoms in total. The summed E-state index contributed by atoms with van der Waals surface area (Å²) in [5, 5.41) is 11.2. The quantitative estimate of drug-likeness (QED) is 0.469. The summed E-state index contributed by atoms with van der Waals surface area (Å²) in [6.45, 7) is 0. The van der Waals surface area contributed by atoms with Crippen molar-refractivity contribution in [1.29, 1.82) is 0 Å². The molecule has 0 aliphatic heterocycles. The summed E-state index contributed by atoms with van der Waals surface area (Å²) in [7, 11) is 0. The van der Waals surface area contributed by atoms with E-state index in [0.717, 1.165) is 12.1 Å². The first-order valence-electron chi connectivity index (χ1n) is 7.16. The van der Waals surface area contributed by atoms with Gasteiger partial charge in [0, 0.05) is 5.56 Å². The number of hydrogen-bond donors (Lipinski definition) is 1. The minimum absolute atomic E-state index is 0.0491. The number of rotatable bonds is 3. The molecule has 0 amide bonds. The Morgan fingerprint density at radius 3 is 1.88 bits per heavy atom. The Morgan fingerprint density at radius 1 is 0.760 bits per heavy atom. The van der Waals surface area contributed by atoms with Gasteiger partial charge in [-0.3, -0.25) is 0 Å². The molecule has 0 aromatic heterocycles. The fourth-order valence-corrected chi connectivity index (χ4v) is 2.55. The Bertz CT molecular complexity index is 973. The van der Waals surface area contributed by atoms with E-state index in [1.807, 2.05) is 5.16 Å². The maximum absolute atomic E-state index is 14.5. The molecular formula is C19H10F3NOS. The highest BCUT2D eigenvalue weighted by molar-refractivity contribution is 7.78. The maximum atomic E-state index is 14.5. The minimum atomic E-state index is -0.950. The van der Waals surface area contributed by atoms with E-state index in [9.17, 15) is 18.3 Å². The normalized spacial score (nSPS) is 10.4. The monoisotopic (exact) mass is 357 g/mol. The second kappa shape index (κ2) is 6.89. The lowest BCUT2D eigenvalue weighted by atomic mass is 9.99. The smallest absolute Gasteiger partial charge is 0.153 e. The van der Waals surface area contributed by atoms with Crippen molar-refractivity contribution in [3.63, 3.8) is 0 Å². The molecule has 0 atom stereocenters. The number of nitrogens with zero attached hydrogens (tertiary/aromatic N) is 1. The number of halogens is 3. The number of aromatic hydroxyl groups is 1. The van der Waals surface area contributed by atoms with Crippen LogP contribution < -0.4 is 0 Å². The molecule has 0 bridgehead atoms. The van der Waals surface area contributed by atoms with Gasteiger partial charge in [0.15, 0.2) is 11.6 Å². The van der Waals surface area contributed by atoms with E-state index < -0.39 is 23.1 Å². The molecule has 0 saturated carbocycles. The number of phenolic OH excluding ortho intramolecular Hbond substituents is 1. The molecule has 0 heterocycles. The highest BCUT2D eigenvalue weighted by Crippen LogP contribution is 2.32. The molecule has 1 N–H and O–H groups in total. The lowest BCUT2D eigenvalue weighted by Gasteiger charge is -2.08. The number of hydrogen-bond acceptors (Lipinski definition) is 3. The van der Waals surface area contributed by atoms with Crippen LogP contribution in [0, 0.1) is 17.5 Å². The molecule has 0 aliphatic rings. The van der Waals surface area contributed by atoms with E-state index in [-0.39, 0.29) is 16.9 Å². The Kier molecular flexibility index (Phi) is 4.65. The van der Waals surface area contributed by atoms with Crippen LogP contribution in [0.25, 0.3) is 22.3 Å². The summed E-state index contributed by atoms with van der Waals surface area (Å²) in [5.41, 5.74) is 0.821. The predicted molar refractivity (Wildman–Crippen MR) is 93.5 cm³/mol. The molecule has 0 fully saturated rings. The van der Waals surface area contributed by atoms with Crippen LogP contribution >= 0.6 is 12.2 Å². The summed E-state index contributed by atoms with van der Waals surface area (Å²) in [6, 6.07) is 12.6. The second-order valence-corrected chi connectivity index (χ2v) is 5.42. The van der Waals surface area contributed by atoms with Crippen LogP contribution in [-0.2, 0) is 0 Å². The van der Waals surface area contributed by atoms with Crippen molar-refractivity contribution < 1.29 is 18.3 Å². The van der Waals surface area contributed by atoms with Gasteiger partial charge in [0.1, 0.15) is 17.3 Å². The van der Waals surface area contributed by atoms with Crippen LogP contribution in [0.2, 0.25) is 0 Å². The Hall–Kier alpha value is -2.95. The van der Waals surface area contributed by atoms with Crippen LogP contribution in [0.4, 0.5) is 18.9 Å². The molecule has 0 radical (unpaired) electrons. The molecule has 25 heavy (non-hydrogen) atoms. The number of aliphatic imine (C=N–C) groups is 1. The third-order valence-electron chi connectivity index (χ3n) is 3.66. The summed E-state index contributed by atoms with van der Waals surface area (Å²) >= 11 is 4.34. The zero-order chi connectivity index (χ0) is 18.0. The van der Waals surface area contributed by atoms with Crippen LogP contribution in [0.15, 0.2) is 59.6 Å². The molecule has 6 heteroatoms. The lowest BCUT2D eigenvalue weighted by Crippen LogP contribution is -1.90. The van der Waals surface area contributed by atoms with Crippen LogP contribution in [-0.4, -0.2) is 10.3 Å². The van der Waals surface area contributed by atoms with Gasteiger partial charge < -0.3 is 5.11 Å². The van der Waals surface area contributed by atoms with Gasteiger partial charge in [-0.2, -0.15) is 4.99 Å². The van der Waals surface area contributed by atoms with Gasteiger partial charge in [-0.05, 0) is 59.2 Å². The number of isothiocyanates is 1. The van der Waals surface area contributed by atoms with Gasteiger partial charge in [0.05, 0.1) is 5.16 Å². The molecule has 0 aliphatic carbocycles. The van der Waals surface area contributed by atoms with Crippen LogP contribution in [0.5, 0.6) is 5.75 Å². The molecule has 3 rings (SSSR count). The largest absolute Gasteiger partial charge is 0.508 e. The van der Waals surface area contributed by atoms with Gasteiger partial charge in [-0.15, -0.1) is 0 Å². The number of benzene rings is 3. The molecule has 3 aromatic carbocycles. The van der Waals surface area contributed by atoms with Crippen molar-refractivity contribution >= 4 is 23.1 Å². The first-order chi connectivity index (χ1) is 12.0. The summed E-state index contributed by atoms with van der Waals surface area (Å²) in [4.78, 5) is 3.32. The second-order valence-electron chi connectivity index (χ2n) is 5.23. The lowest BCUT2D eigenvalue weighted by molar-refractivity contribution is 0.475. The van der Waals surface area contributed by atoms with Crippen LogP contribution in [0.3, 0.4) is 0 Å². The Balaban J connectivity index is 2.04. The summed E-state index contributed by atoms with van der Waals surface area (Å²) < 4.78 is 42.3. The van der Waals surface area contributed by atoms with Crippen molar-refractivity contribution in [2.24, 2.45) is 4.99 Å². The summed E-state index contributed by atoms with van der Waals surface area (Å²) in [5.74, 6) is -2.43. The Labute approximate surface area is 146 Å². The van der Waals surface area contributed by atoms with Crippen molar-refractivity contribution in [3.05, 3.63) is 72.0 Å². The van der Waals surface area contributed by atoms with E-state index in [4.69, 9.17) is 0 Å². The van der Waals surface area contributed by atoms with Crippen molar-refractivity contribution in [3.8, 4) is 28.0 Å². The topological polar surface area (TPSA) is 32.6 Å². The molecule has 3 aromatic rings. The maximum Gasteiger partial charge on any atom is 0.153 e. The van der Waals surface area contributed by atoms with Gasteiger partial charge in [0.2, 0.25) is 0 Å². The van der Waals surface area contributed by atoms with Crippen molar-refractivity contribution in [1.82, 2.24) is 0 Å². The van der Waals surface area contributed by atoms with Crippen molar-refractivity contribution in [2.75, 3.05) is 0 Å². The fraction of sp³-hybridized carbons (Fsp3) is 0. The van der Waals surface area contributed by atoms with Gasteiger partial charge in [0.25, 0.3) is 0 Å². The number of phenols is 1. The number of thiocarbonyl (C=S) groups is 1. The highest BCUT2D eigenvalue weighted by atomic mass is 32.1. The van der Waals surface area contributed by atoms with Crippen LogP contribution in [0.1, 0.15) is 0 Å². The first-order valence-corrected chi connectivity index (χ1v) is 7.56. The van der Waals surface area contributed by atoms with E-state index >= 15 is 0 Å². The molecule has 0 saturated heterocycles. The average Bonchev–Trinajstić information content (AvgIpc) is 2.58. The zero-order valence-electron chi connectivity index (χ0n) is 12.6. The van der Waals surface area contributed by atoms with Gasteiger partial charge >= 0.3 is 0 Å². The zero-order valence-corrected chi connectivity index (χ0v) is 13.4.